The van der Waals surface area contributed by atoms with E-state index >= 15 is 0 Å². The molecule has 0 bridgehead atoms. The van der Waals surface area contributed by atoms with E-state index in [1.807, 2.05) is 24.3 Å². The summed E-state index contributed by atoms with van der Waals surface area (Å²) in [7, 11) is 0. The van der Waals surface area contributed by atoms with Gasteiger partial charge in [-0.05, 0) is 28.1 Å². The molecular formula is C12H12N8O. The highest BCUT2D eigenvalue weighted by atomic mass is 16.2. The van der Waals surface area contributed by atoms with Crippen LogP contribution in [0.5, 0.6) is 0 Å². The third-order valence-corrected chi connectivity index (χ3v) is 2.81. The van der Waals surface area contributed by atoms with Crippen LogP contribution in [-0.2, 0) is 17.9 Å². The molecule has 0 unspecified atom stereocenters. The highest BCUT2D eigenvalue weighted by Gasteiger charge is 2.04. The summed E-state index contributed by atoms with van der Waals surface area (Å²) in [5.74, 6) is -0.150. The molecule has 0 aliphatic rings. The van der Waals surface area contributed by atoms with Crippen LogP contribution in [0.2, 0.25) is 0 Å². The fraction of sp³-hybridized carbons (Fsp3) is 0.167. The number of aromatic nitrogens is 7. The molecule has 106 valence electrons. The van der Waals surface area contributed by atoms with Crippen LogP contribution in [0.4, 0.5) is 0 Å². The van der Waals surface area contributed by atoms with Crippen LogP contribution < -0.4 is 5.32 Å². The molecule has 1 N–H and O–H groups in total. The number of amides is 1. The van der Waals surface area contributed by atoms with Gasteiger partial charge < -0.3 is 5.32 Å². The lowest BCUT2D eigenvalue weighted by Gasteiger charge is -2.06. The quantitative estimate of drug-likeness (QED) is 0.682. The third-order valence-electron chi connectivity index (χ3n) is 2.81. The van der Waals surface area contributed by atoms with Crippen molar-refractivity contribution >= 4 is 5.91 Å². The Morgan fingerprint density at radius 3 is 2.71 bits per heavy atom. The number of carbonyl (C=O) groups is 1. The van der Waals surface area contributed by atoms with Crippen LogP contribution in [0.25, 0.3) is 5.69 Å². The van der Waals surface area contributed by atoms with Gasteiger partial charge in [-0.2, -0.15) is 5.10 Å². The van der Waals surface area contributed by atoms with Crippen LogP contribution in [0.15, 0.2) is 43.2 Å². The van der Waals surface area contributed by atoms with Crippen LogP contribution >= 0.6 is 0 Å². The molecule has 0 spiro atoms. The van der Waals surface area contributed by atoms with Crippen LogP contribution in [0, 0.1) is 0 Å². The summed E-state index contributed by atoms with van der Waals surface area (Å²) >= 11 is 0. The third kappa shape index (κ3) is 3.26. The monoisotopic (exact) mass is 284 g/mol. The molecule has 0 aliphatic heterocycles. The Morgan fingerprint density at radius 1 is 1.19 bits per heavy atom. The number of hydrogen-bond donors (Lipinski definition) is 1. The van der Waals surface area contributed by atoms with Crippen molar-refractivity contribution in [3.8, 4) is 5.69 Å². The van der Waals surface area contributed by atoms with Crippen molar-refractivity contribution in [3.63, 3.8) is 0 Å². The summed E-state index contributed by atoms with van der Waals surface area (Å²) in [5.41, 5.74) is 1.90. The smallest absolute Gasteiger partial charge is 0.242 e. The Balaban J connectivity index is 1.55. The minimum absolute atomic E-state index is 0.101. The topological polar surface area (TPSA) is 103 Å². The zero-order chi connectivity index (χ0) is 14.5. The van der Waals surface area contributed by atoms with Gasteiger partial charge >= 0.3 is 0 Å². The van der Waals surface area contributed by atoms with Crippen LogP contribution in [0.1, 0.15) is 5.56 Å². The minimum atomic E-state index is -0.150. The molecule has 3 aromatic rings. The zero-order valence-corrected chi connectivity index (χ0v) is 11.0. The summed E-state index contributed by atoms with van der Waals surface area (Å²) in [6.07, 6.45) is 4.50. The van der Waals surface area contributed by atoms with Crippen molar-refractivity contribution in [1.29, 1.82) is 0 Å². The fourth-order valence-electron chi connectivity index (χ4n) is 1.76. The van der Waals surface area contributed by atoms with Gasteiger partial charge in [-0.1, -0.05) is 12.1 Å². The molecule has 9 heteroatoms. The molecule has 0 radical (unpaired) electrons. The van der Waals surface area contributed by atoms with Crippen molar-refractivity contribution in [3.05, 3.63) is 48.8 Å². The molecule has 2 aromatic heterocycles. The van der Waals surface area contributed by atoms with Crippen molar-refractivity contribution in [2.75, 3.05) is 0 Å². The first-order chi connectivity index (χ1) is 10.3. The Labute approximate surface area is 119 Å². The molecule has 21 heavy (non-hydrogen) atoms. The Kier molecular flexibility index (Phi) is 3.63. The number of nitrogens with one attached hydrogen (secondary N) is 1. The lowest BCUT2D eigenvalue weighted by Crippen LogP contribution is -2.27. The van der Waals surface area contributed by atoms with Crippen molar-refractivity contribution < 1.29 is 4.79 Å². The number of hydrogen-bond acceptors (Lipinski definition) is 6. The predicted octanol–water partition coefficient (Wildman–Crippen LogP) is -0.430. The maximum Gasteiger partial charge on any atom is 0.242 e. The normalized spacial score (nSPS) is 10.5. The number of benzene rings is 1. The van der Waals surface area contributed by atoms with Crippen molar-refractivity contribution in [1.82, 2.24) is 40.3 Å². The lowest BCUT2D eigenvalue weighted by molar-refractivity contribution is -0.122. The van der Waals surface area contributed by atoms with Crippen LogP contribution in [-0.4, -0.2) is 40.9 Å². The van der Waals surface area contributed by atoms with Gasteiger partial charge in [-0.25, -0.2) is 14.3 Å². The Morgan fingerprint density at radius 2 is 2.05 bits per heavy atom. The van der Waals surface area contributed by atoms with Gasteiger partial charge in [0.1, 0.15) is 25.5 Å². The maximum atomic E-state index is 11.7. The molecule has 1 amide bonds. The molecule has 0 saturated heterocycles. The second-order valence-electron chi connectivity index (χ2n) is 4.29. The highest BCUT2D eigenvalue weighted by molar-refractivity contribution is 5.75. The number of nitrogens with zero attached hydrogens (tertiary/aromatic N) is 7. The molecule has 3 rings (SSSR count). The largest absolute Gasteiger partial charge is 0.350 e. The fourth-order valence-corrected chi connectivity index (χ4v) is 1.76. The maximum absolute atomic E-state index is 11.7. The Bertz CT molecular complexity index is 689. The molecule has 0 aliphatic carbocycles. The molecule has 0 saturated carbocycles. The van der Waals surface area contributed by atoms with E-state index in [2.05, 4.69) is 30.9 Å². The lowest BCUT2D eigenvalue weighted by atomic mass is 10.2. The number of rotatable bonds is 5. The van der Waals surface area contributed by atoms with Gasteiger partial charge in [0, 0.05) is 6.54 Å². The first kappa shape index (κ1) is 12.9. The standard InChI is InChI=1S/C12H12N8O/c21-12(6-19-9-15-17-18-19)14-5-10-1-3-11(4-2-10)20-8-13-7-16-20/h1-4,7-9H,5-6H2,(H,14,21). The average molecular weight is 284 g/mol. The van der Waals surface area contributed by atoms with E-state index in [4.69, 9.17) is 0 Å². The molecule has 1 aromatic carbocycles. The van der Waals surface area contributed by atoms with Crippen molar-refractivity contribution in [2.24, 2.45) is 0 Å². The molecule has 2 heterocycles. The summed E-state index contributed by atoms with van der Waals surface area (Å²) in [6.45, 7) is 0.544. The van der Waals surface area contributed by atoms with E-state index in [0.717, 1.165) is 11.3 Å². The van der Waals surface area contributed by atoms with Crippen LogP contribution in [0.3, 0.4) is 0 Å². The summed E-state index contributed by atoms with van der Waals surface area (Å²) in [4.78, 5) is 15.6. The predicted molar refractivity (Wildman–Crippen MR) is 71.0 cm³/mol. The minimum Gasteiger partial charge on any atom is -0.350 e. The highest BCUT2D eigenvalue weighted by Crippen LogP contribution is 2.07. The zero-order valence-electron chi connectivity index (χ0n) is 11.0. The number of tetrazole rings is 1. The van der Waals surface area contributed by atoms with E-state index in [1.54, 1.807) is 11.0 Å². The van der Waals surface area contributed by atoms with Gasteiger partial charge in [-0.3, -0.25) is 4.79 Å². The second-order valence-corrected chi connectivity index (χ2v) is 4.29. The van der Waals surface area contributed by atoms with Gasteiger partial charge in [0.25, 0.3) is 0 Å². The SMILES string of the molecule is O=C(Cn1cnnn1)NCc1ccc(-n2cncn2)cc1. The second kappa shape index (κ2) is 5.90. The summed E-state index contributed by atoms with van der Waals surface area (Å²) < 4.78 is 3.03. The molecule has 0 atom stereocenters. The average Bonchev–Trinajstić information content (AvgIpc) is 3.19. The van der Waals surface area contributed by atoms with E-state index in [-0.39, 0.29) is 12.5 Å². The first-order valence-electron chi connectivity index (χ1n) is 6.23. The van der Waals surface area contributed by atoms with Gasteiger partial charge in [0.05, 0.1) is 5.69 Å². The summed E-state index contributed by atoms with van der Waals surface area (Å²) in [6, 6.07) is 7.68. The first-order valence-corrected chi connectivity index (χ1v) is 6.23. The number of carbonyl (C=O) groups excluding carboxylic acids is 1. The van der Waals surface area contributed by atoms with E-state index in [0.29, 0.717) is 6.54 Å². The Hall–Kier alpha value is -3.10. The molecular weight excluding hydrogens is 272 g/mol. The van der Waals surface area contributed by atoms with E-state index < -0.39 is 0 Å². The van der Waals surface area contributed by atoms with Gasteiger partial charge in [0.15, 0.2) is 0 Å². The summed E-state index contributed by atoms with van der Waals surface area (Å²) in [5, 5.41) is 17.4. The molecule has 9 nitrogen and oxygen atoms in total. The molecule has 0 fully saturated rings. The van der Waals surface area contributed by atoms with E-state index in [9.17, 15) is 4.79 Å². The van der Waals surface area contributed by atoms with Gasteiger partial charge in [0.2, 0.25) is 5.91 Å². The van der Waals surface area contributed by atoms with Crippen molar-refractivity contribution in [2.45, 2.75) is 13.1 Å². The van der Waals surface area contributed by atoms with E-state index in [1.165, 1.54) is 17.3 Å². The van der Waals surface area contributed by atoms with Gasteiger partial charge in [-0.15, -0.1) is 5.10 Å².